The van der Waals surface area contributed by atoms with Crippen molar-refractivity contribution in [2.45, 2.75) is 5.16 Å². The van der Waals surface area contributed by atoms with Crippen molar-refractivity contribution in [1.82, 2.24) is 14.9 Å². The predicted molar refractivity (Wildman–Crippen MR) is 98.3 cm³/mol. The molecule has 0 spiro atoms. The smallest absolute Gasteiger partial charge is 0.210 e. The van der Waals surface area contributed by atoms with Crippen LogP contribution >= 0.6 is 35.0 Å². The third-order valence-electron chi connectivity index (χ3n) is 3.18. The van der Waals surface area contributed by atoms with Crippen molar-refractivity contribution in [2.75, 3.05) is 18.2 Å². The fourth-order valence-electron chi connectivity index (χ4n) is 2.02. The SMILES string of the molecule is Nn1c(SCCOc2ccc(Cl)cc2)nnc1-c1ccccc1Cl. The van der Waals surface area contributed by atoms with Crippen LogP contribution in [0.4, 0.5) is 0 Å². The van der Waals surface area contributed by atoms with E-state index in [-0.39, 0.29) is 0 Å². The maximum absolute atomic E-state index is 6.17. The summed E-state index contributed by atoms with van der Waals surface area (Å²) in [6.45, 7) is 0.514. The lowest BCUT2D eigenvalue weighted by atomic mass is 10.2. The van der Waals surface area contributed by atoms with Crippen LogP contribution in [0.2, 0.25) is 10.0 Å². The van der Waals surface area contributed by atoms with E-state index >= 15 is 0 Å². The van der Waals surface area contributed by atoms with Gasteiger partial charge >= 0.3 is 0 Å². The lowest BCUT2D eigenvalue weighted by Crippen LogP contribution is -2.12. The molecule has 0 fully saturated rings. The average Bonchev–Trinajstić information content (AvgIpc) is 2.94. The van der Waals surface area contributed by atoms with Crippen LogP contribution in [0.25, 0.3) is 11.4 Å². The number of nitrogen functional groups attached to an aromatic ring is 1. The summed E-state index contributed by atoms with van der Waals surface area (Å²) in [6, 6.07) is 14.6. The minimum absolute atomic E-state index is 0.514. The molecule has 8 heteroatoms. The van der Waals surface area contributed by atoms with Gasteiger partial charge in [-0.15, -0.1) is 10.2 Å². The van der Waals surface area contributed by atoms with Gasteiger partial charge in [-0.05, 0) is 36.4 Å². The molecule has 0 radical (unpaired) electrons. The Balaban J connectivity index is 1.59. The number of hydrogen-bond acceptors (Lipinski definition) is 5. The summed E-state index contributed by atoms with van der Waals surface area (Å²) in [5.74, 6) is 8.05. The monoisotopic (exact) mass is 380 g/mol. The molecular formula is C16H14Cl2N4OS. The van der Waals surface area contributed by atoms with Crippen LogP contribution in [0.5, 0.6) is 5.75 Å². The summed E-state index contributed by atoms with van der Waals surface area (Å²) in [5.41, 5.74) is 0.749. The molecule has 0 bridgehead atoms. The van der Waals surface area contributed by atoms with Crippen LogP contribution in [0.3, 0.4) is 0 Å². The van der Waals surface area contributed by atoms with Gasteiger partial charge in [0.15, 0.2) is 5.82 Å². The molecule has 0 saturated heterocycles. The Morgan fingerprint density at radius 1 is 1.04 bits per heavy atom. The van der Waals surface area contributed by atoms with Crippen molar-refractivity contribution < 1.29 is 4.74 Å². The molecule has 2 N–H and O–H groups in total. The Morgan fingerprint density at radius 3 is 2.54 bits per heavy atom. The van der Waals surface area contributed by atoms with Gasteiger partial charge in [0.05, 0.1) is 11.6 Å². The minimum atomic E-state index is 0.514. The summed E-state index contributed by atoms with van der Waals surface area (Å²) < 4.78 is 7.07. The van der Waals surface area contributed by atoms with Crippen LogP contribution in [0.1, 0.15) is 0 Å². The summed E-state index contributed by atoms with van der Waals surface area (Å²) in [7, 11) is 0. The maximum Gasteiger partial charge on any atom is 0.210 e. The fraction of sp³-hybridized carbons (Fsp3) is 0.125. The van der Waals surface area contributed by atoms with Gasteiger partial charge in [-0.2, -0.15) is 0 Å². The first-order chi connectivity index (χ1) is 11.6. The number of ether oxygens (including phenoxy) is 1. The normalized spacial score (nSPS) is 10.8. The van der Waals surface area contributed by atoms with Gasteiger partial charge in [0, 0.05) is 16.3 Å². The molecule has 0 unspecified atom stereocenters. The topological polar surface area (TPSA) is 66.0 Å². The molecule has 2 aromatic carbocycles. The van der Waals surface area contributed by atoms with Gasteiger partial charge in [0.1, 0.15) is 5.75 Å². The largest absolute Gasteiger partial charge is 0.493 e. The van der Waals surface area contributed by atoms with E-state index < -0.39 is 0 Å². The summed E-state index contributed by atoms with van der Waals surface area (Å²) >= 11 is 13.5. The fourth-order valence-corrected chi connectivity index (χ4v) is 3.04. The number of nitrogens with zero attached hydrogens (tertiary/aromatic N) is 3. The van der Waals surface area contributed by atoms with Crippen molar-refractivity contribution in [1.29, 1.82) is 0 Å². The standard InChI is InChI=1S/C16H14Cl2N4OS/c17-11-5-7-12(8-6-11)23-9-10-24-16-21-20-15(22(16)19)13-3-1-2-4-14(13)18/h1-8H,9-10,19H2. The lowest BCUT2D eigenvalue weighted by molar-refractivity contribution is 0.344. The first-order valence-electron chi connectivity index (χ1n) is 7.11. The number of hydrogen-bond donors (Lipinski definition) is 1. The first-order valence-corrected chi connectivity index (χ1v) is 8.86. The van der Waals surface area contributed by atoms with Gasteiger partial charge in [-0.3, -0.25) is 0 Å². The Hall–Kier alpha value is -1.89. The Labute approximate surface area is 153 Å². The number of rotatable bonds is 6. The molecule has 0 aliphatic heterocycles. The molecule has 0 saturated carbocycles. The Morgan fingerprint density at radius 2 is 1.79 bits per heavy atom. The van der Waals surface area contributed by atoms with Crippen LogP contribution in [0, 0.1) is 0 Å². The third kappa shape index (κ3) is 3.95. The molecule has 0 atom stereocenters. The van der Waals surface area contributed by atoms with Gasteiger partial charge in [-0.1, -0.05) is 47.1 Å². The van der Waals surface area contributed by atoms with Crippen molar-refractivity contribution in [3.8, 4) is 17.1 Å². The van der Waals surface area contributed by atoms with Gasteiger partial charge in [0.2, 0.25) is 5.16 Å². The number of thioether (sulfide) groups is 1. The highest BCUT2D eigenvalue weighted by molar-refractivity contribution is 7.99. The molecule has 0 amide bonds. The number of benzene rings is 2. The number of aromatic nitrogens is 3. The van der Waals surface area contributed by atoms with E-state index in [4.69, 9.17) is 33.8 Å². The highest BCUT2D eigenvalue weighted by Gasteiger charge is 2.14. The number of nitrogens with two attached hydrogens (primary N) is 1. The Kier molecular flexibility index (Phi) is 5.50. The summed E-state index contributed by atoms with van der Waals surface area (Å²) in [4.78, 5) is 0. The van der Waals surface area contributed by atoms with Crippen molar-refractivity contribution in [2.24, 2.45) is 0 Å². The predicted octanol–water partition coefficient (Wildman–Crippen LogP) is 4.14. The van der Waals surface area contributed by atoms with E-state index in [0.29, 0.717) is 33.4 Å². The van der Waals surface area contributed by atoms with Gasteiger partial charge in [-0.25, -0.2) is 4.68 Å². The maximum atomic E-state index is 6.17. The van der Waals surface area contributed by atoms with Crippen LogP contribution in [-0.4, -0.2) is 27.2 Å². The average molecular weight is 381 g/mol. The van der Waals surface area contributed by atoms with Crippen molar-refractivity contribution in [3.05, 3.63) is 58.6 Å². The van der Waals surface area contributed by atoms with E-state index in [2.05, 4.69) is 10.2 Å². The van der Waals surface area contributed by atoms with Gasteiger partial charge < -0.3 is 10.6 Å². The van der Waals surface area contributed by atoms with E-state index in [1.54, 1.807) is 18.2 Å². The number of halogens is 2. The van der Waals surface area contributed by atoms with Gasteiger partial charge in [0.25, 0.3) is 0 Å². The van der Waals surface area contributed by atoms with E-state index in [0.717, 1.165) is 11.3 Å². The highest BCUT2D eigenvalue weighted by atomic mass is 35.5. The van der Waals surface area contributed by atoms with E-state index in [1.807, 2.05) is 30.3 Å². The lowest BCUT2D eigenvalue weighted by Gasteiger charge is -2.06. The van der Waals surface area contributed by atoms with Crippen molar-refractivity contribution >= 4 is 35.0 Å². The summed E-state index contributed by atoms with van der Waals surface area (Å²) in [6.07, 6.45) is 0. The molecule has 24 heavy (non-hydrogen) atoms. The molecule has 1 heterocycles. The Bertz CT molecular complexity index is 823. The van der Waals surface area contributed by atoms with Crippen LogP contribution in [0.15, 0.2) is 53.7 Å². The van der Waals surface area contributed by atoms with E-state index in [1.165, 1.54) is 16.4 Å². The van der Waals surface area contributed by atoms with Crippen LogP contribution < -0.4 is 10.6 Å². The quantitative estimate of drug-likeness (QED) is 0.395. The molecule has 5 nitrogen and oxygen atoms in total. The second-order valence-electron chi connectivity index (χ2n) is 4.81. The zero-order valence-electron chi connectivity index (χ0n) is 12.5. The zero-order chi connectivity index (χ0) is 16.9. The van der Waals surface area contributed by atoms with E-state index in [9.17, 15) is 0 Å². The second kappa shape index (κ2) is 7.79. The molecule has 0 aliphatic carbocycles. The second-order valence-corrected chi connectivity index (χ2v) is 6.71. The molecule has 3 rings (SSSR count). The first kappa shape index (κ1) is 17.0. The zero-order valence-corrected chi connectivity index (χ0v) is 14.9. The third-order valence-corrected chi connectivity index (χ3v) is 4.67. The molecule has 3 aromatic rings. The minimum Gasteiger partial charge on any atom is -0.493 e. The van der Waals surface area contributed by atoms with Crippen LogP contribution in [-0.2, 0) is 0 Å². The summed E-state index contributed by atoms with van der Waals surface area (Å²) in [5, 5.41) is 10.1. The molecular weight excluding hydrogens is 367 g/mol. The molecule has 0 aliphatic rings. The molecule has 124 valence electrons. The van der Waals surface area contributed by atoms with Crippen molar-refractivity contribution in [3.63, 3.8) is 0 Å². The highest BCUT2D eigenvalue weighted by Crippen LogP contribution is 2.27. The molecule has 1 aromatic heterocycles.